The summed E-state index contributed by atoms with van der Waals surface area (Å²) >= 11 is 2.18. The Kier molecular flexibility index (Phi) is 4.68. The van der Waals surface area contributed by atoms with Gasteiger partial charge in [-0.3, -0.25) is 0 Å². The van der Waals surface area contributed by atoms with E-state index in [9.17, 15) is 4.39 Å². The molecular weight excluding hydrogens is 356 g/mol. The Bertz CT molecular complexity index is 570. The van der Waals surface area contributed by atoms with E-state index in [-0.39, 0.29) is 5.82 Å². The molecule has 19 heavy (non-hydrogen) atoms. The topological polar surface area (TPSA) is 51.8 Å². The molecule has 5 heteroatoms. The van der Waals surface area contributed by atoms with Crippen molar-refractivity contribution < 1.29 is 4.39 Å². The van der Waals surface area contributed by atoms with Crippen LogP contribution in [0.2, 0.25) is 0 Å². The fourth-order valence-corrected chi connectivity index (χ4v) is 2.34. The predicted octanol–water partition coefficient (Wildman–Crippen LogP) is 3.35. The van der Waals surface area contributed by atoms with Gasteiger partial charge in [0.15, 0.2) is 0 Å². The maximum atomic E-state index is 12.9. The standard InChI is InChI=1S/C14H15FIN3/c1-2-3-11-13(16)14(17)19-12(18-11)8-9-4-6-10(15)7-5-9/h4-7H,2-3,8H2,1H3,(H2,17,18,19). The van der Waals surface area contributed by atoms with Crippen LogP contribution < -0.4 is 5.73 Å². The molecule has 0 bridgehead atoms. The summed E-state index contributed by atoms with van der Waals surface area (Å²) in [5.74, 6) is 0.975. The highest BCUT2D eigenvalue weighted by molar-refractivity contribution is 14.1. The SMILES string of the molecule is CCCc1nc(Cc2ccc(F)cc2)nc(N)c1I. The van der Waals surface area contributed by atoms with Gasteiger partial charge in [0.05, 0.1) is 9.26 Å². The van der Waals surface area contributed by atoms with Gasteiger partial charge >= 0.3 is 0 Å². The molecule has 0 aliphatic rings. The molecule has 0 atom stereocenters. The zero-order valence-electron chi connectivity index (χ0n) is 10.7. The molecule has 0 spiro atoms. The van der Waals surface area contributed by atoms with Crippen molar-refractivity contribution in [2.45, 2.75) is 26.2 Å². The van der Waals surface area contributed by atoms with Crippen molar-refractivity contribution in [1.82, 2.24) is 9.97 Å². The van der Waals surface area contributed by atoms with Crippen LogP contribution in [-0.4, -0.2) is 9.97 Å². The number of halogens is 2. The van der Waals surface area contributed by atoms with Gasteiger partial charge in [-0.15, -0.1) is 0 Å². The maximum Gasteiger partial charge on any atom is 0.140 e. The molecule has 2 N–H and O–H groups in total. The molecule has 0 fully saturated rings. The Morgan fingerprint density at radius 3 is 2.53 bits per heavy atom. The van der Waals surface area contributed by atoms with E-state index in [4.69, 9.17) is 5.73 Å². The van der Waals surface area contributed by atoms with Gasteiger partial charge in [-0.25, -0.2) is 14.4 Å². The molecular formula is C14H15FIN3. The normalized spacial score (nSPS) is 10.7. The van der Waals surface area contributed by atoms with Crippen molar-refractivity contribution in [2.24, 2.45) is 0 Å². The Morgan fingerprint density at radius 2 is 1.89 bits per heavy atom. The summed E-state index contributed by atoms with van der Waals surface area (Å²) in [6.45, 7) is 2.11. The molecule has 0 aliphatic carbocycles. The summed E-state index contributed by atoms with van der Waals surface area (Å²) < 4.78 is 13.8. The van der Waals surface area contributed by atoms with Crippen LogP contribution in [0.3, 0.4) is 0 Å². The van der Waals surface area contributed by atoms with Crippen molar-refractivity contribution >= 4 is 28.4 Å². The van der Waals surface area contributed by atoms with Gasteiger partial charge in [-0.2, -0.15) is 0 Å². The third-order valence-electron chi connectivity index (χ3n) is 2.75. The number of aromatic nitrogens is 2. The first-order valence-electron chi connectivity index (χ1n) is 6.15. The van der Waals surface area contributed by atoms with E-state index < -0.39 is 0 Å². The molecule has 2 aromatic rings. The highest BCUT2D eigenvalue weighted by Crippen LogP contribution is 2.19. The predicted molar refractivity (Wildman–Crippen MR) is 82.4 cm³/mol. The van der Waals surface area contributed by atoms with E-state index in [0.29, 0.717) is 18.1 Å². The number of nitrogens with zero attached hydrogens (tertiary/aromatic N) is 2. The van der Waals surface area contributed by atoms with Crippen molar-refractivity contribution in [3.05, 3.63) is 50.7 Å². The van der Waals surface area contributed by atoms with Crippen LogP contribution in [-0.2, 0) is 12.8 Å². The molecule has 0 radical (unpaired) electrons. The van der Waals surface area contributed by atoms with Crippen molar-refractivity contribution in [1.29, 1.82) is 0 Å². The average molecular weight is 371 g/mol. The van der Waals surface area contributed by atoms with Crippen LogP contribution in [0.25, 0.3) is 0 Å². The zero-order chi connectivity index (χ0) is 13.8. The number of nitrogens with two attached hydrogens (primary N) is 1. The fraction of sp³-hybridized carbons (Fsp3) is 0.286. The van der Waals surface area contributed by atoms with Crippen LogP contribution in [0.15, 0.2) is 24.3 Å². The van der Waals surface area contributed by atoms with E-state index in [0.717, 1.165) is 27.7 Å². The third-order valence-corrected chi connectivity index (χ3v) is 3.93. The van der Waals surface area contributed by atoms with E-state index in [1.54, 1.807) is 12.1 Å². The summed E-state index contributed by atoms with van der Waals surface area (Å²) in [5.41, 5.74) is 7.88. The highest BCUT2D eigenvalue weighted by Gasteiger charge is 2.10. The number of hydrogen-bond donors (Lipinski definition) is 1. The van der Waals surface area contributed by atoms with Crippen LogP contribution in [0.1, 0.15) is 30.4 Å². The third kappa shape index (κ3) is 3.62. The fourth-order valence-electron chi connectivity index (χ4n) is 1.83. The van der Waals surface area contributed by atoms with E-state index in [1.807, 2.05) is 0 Å². The summed E-state index contributed by atoms with van der Waals surface area (Å²) in [6.07, 6.45) is 2.47. The largest absolute Gasteiger partial charge is 0.383 e. The van der Waals surface area contributed by atoms with Crippen molar-refractivity contribution in [3.63, 3.8) is 0 Å². The Labute approximate surface area is 125 Å². The van der Waals surface area contributed by atoms with Gasteiger partial charge in [-0.1, -0.05) is 25.5 Å². The molecule has 2 rings (SSSR count). The summed E-state index contributed by atoms with van der Waals surface area (Å²) in [7, 11) is 0. The van der Waals surface area contributed by atoms with Crippen molar-refractivity contribution in [2.75, 3.05) is 5.73 Å². The molecule has 0 aliphatic heterocycles. The number of benzene rings is 1. The minimum atomic E-state index is -0.238. The Morgan fingerprint density at radius 1 is 1.21 bits per heavy atom. The van der Waals surface area contributed by atoms with Gasteiger partial charge in [0.1, 0.15) is 17.5 Å². The Hall–Kier alpha value is -1.24. The van der Waals surface area contributed by atoms with Crippen LogP contribution >= 0.6 is 22.6 Å². The molecule has 1 heterocycles. The monoisotopic (exact) mass is 371 g/mol. The number of hydrogen-bond acceptors (Lipinski definition) is 3. The summed E-state index contributed by atoms with van der Waals surface area (Å²) in [5, 5.41) is 0. The van der Waals surface area contributed by atoms with Crippen LogP contribution in [0.4, 0.5) is 10.2 Å². The first-order chi connectivity index (χ1) is 9.10. The first kappa shape index (κ1) is 14.2. The smallest absolute Gasteiger partial charge is 0.140 e. The molecule has 0 amide bonds. The van der Waals surface area contributed by atoms with Gasteiger partial charge in [0, 0.05) is 6.42 Å². The van der Waals surface area contributed by atoms with Crippen molar-refractivity contribution in [3.8, 4) is 0 Å². The average Bonchev–Trinajstić information content (AvgIpc) is 2.38. The minimum Gasteiger partial charge on any atom is -0.383 e. The quantitative estimate of drug-likeness (QED) is 0.839. The van der Waals surface area contributed by atoms with E-state index in [2.05, 4.69) is 39.5 Å². The lowest BCUT2D eigenvalue weighted by atomic mass is 10.1. The van der Waals surface area contributed by atoms with Gasteiger partial charge in [-0.05, 0) is 46.7 Å². The molecule has 0 saturated carbocycles. The second kappa shape index (κ2) is 6.27. The molecule has 3 nitrogen and oxygen atoms in total. The lowest BCUT2D eigenvalue weighted by Gasteiger charge is -2.08. The van der Waals surface area contributed by atoms with Gasteiger partial charge in [0.2, 0.25) is 0 Å². The lowest BCUT2D eigenvalue weighted by Crippen LogP contribution is -2.08. The first-order valence-corrected chi connectivity index (χ1v) is 7.23. The molecule has 1 aromatic carbocycles. The molecule has 0 saturated heterocycles. The van der Waals surface area contributed by atoms with Gasteiger partial charge < -0.3 is 5.73 Å². The molecule has 0 unspecified atom stereocenters. The van der Waals surface area contributed by atoms with Gasteiger partial charge in [0.25, 0.3) is 0 Å². The second-order valence-corrected chi connectivity index (χ2v) is 5.42. The molecule has 100 valence electrons. The maximum absolute atomic E-state index is 12.9. The number of rotatable bonds is 4. The second-order valence-electron chi connectivity index (χ2n) is 4.34. The van der Waals surface area contributed by atoms with Crippen LogP contribution in [0, 0.1) is 9.39 Å². The lowest BCUT2D eigenvalue weighted by molar-refractivity contribution is 0.627. The summed E-state index contributed by atoms with van der Waals surface area (Å²) in [6, 6.07) is 6.37. The zero-order valence-corrected chi connectivity index (χ0v) is 12.8. The number of nitrogen functional groups attached to an aromatic ring is 1. The van der Waals surface area contributed by atoms with E-state index in [1.165, 1.54) is 12.1 Å². The number of anilines is 1. The summed E-state index contributed by atoms with van der Waals surface area (Å²) in [4.78, 5) is 8.85. The highest BCUT2D eigenvalue weighted by atomic mass is 127. The van der Waals surface area contributed by atoms with E-state index >= 15 is 0 Å². The number of aryl methyl sites for hydroxylation is 1. The Balaban J connectivity index is 2.27. The minimum absolute atomic E-state index is 0.238. The molecule has 1 aromatic heterocycles. The van der Waals surface area contributed by atoms with Crippen LogP contribution in [0.5, 0.6) is 0 Å².